The Morgan fingerprint density at radius 2 is 2.21 bits per heavy atom. The highest BCUT2D eigenvalue weighted by molar-refractivity contribution is 6.47. The van der Waals surface area contributed by atoms with Crippen LogP contribution in [0.25, 0.3) is 0 Å². The summed E-state index contributed by atoms with van der Waals surface area (Å²) in [4.78, 5) is 23.9. The molecule has 0 unspecified atom stereocenters. The van der Waals surface area contributed by atoms with E-state index >= 15 is 0 Å². The maximum Gasteiger partial charge on any atom is 0.526 e. The molecule has 0 saturated carbocycles. The van der Waals surface area contributed by atoms with Gasteiger partial charge in [-0.15, -0.1) is 5.10 Å². The Balaban J connectivity index is 1.61. The van der Waals surface area contributed by atoms with Gasteiger partial charge >= 0.3 is 13.1 Å². The summed E-state index contributed by atoms with van der Waals surface area (Å²) in [6.07, 6.45) is 0.488. The molecule has 11 heteroatoms. The summed E-state index contributed by atoms with van der Waals surface area (Å²) in [6.45, 7) is 5.31. The first-order valence-corrected chi connectivity index (χ1v) is 9.55. The molecule has 1 aromatic carbocycles. The Kier molecular flexibility index (Phi) is 6.60. The predicted molar refractivity (Wildman–Crippen MR) is 104 cm³/mol. The normalized spacial score (nSPS) is 15.9. The molecule has 0 saturated heterocycles. The van der Waals surface area contributed by atoms with Gasteiger partial charge in [0.1, 0.15) is 11.5 Å². The van der Waals surface area contributed by atoms with Crippen LogP contribution in [0.4, 0.5) is 0 Å². The van der Waals surface area contributed by atoms with Crippen LogP contribution in [0, 0.1) is 0 Å². The number of carbonyl (C=O) groups excluding carboxylic acids is 1. The smallest absolute Gasteiger partial charge is 0.526 e. The Labute approximate surface area is 168 Å². The second-order valence-electron chi connectivity index (χ2n) is 7.42. The number of tetrazole rings is 1. The van der Waals surface area contributed by atoms with Crippen molar-refractivity contribution in [1.82, 2.24) is 25.5 Å². The number of carboxylic acids is 1. The number of hydrogen-bond acceptors (Lipinski definition) is 8. The summed E-state index contributed by atoms with van der Waals surface area (Å²) in [5.74, 6) is -1.07. The molecule has 1 aliphatic rings. The molecule has 2 heterocycles. The maximum atomic E-state index is 12.6. The zero-order valence-electron chi connectivity index (χ0n) is 16.4. The minimum atomic E-state index is -1.25. The molecule has 29 heavy (non-hydrogen) atoms. The Morgan fingerprint density at radius 3 is 2.93 bits per heavy atom. The predicted octanol–water partition coefficient (Wildman–Crippen LogP) is 0.357. The van der Waals surface area contributed by atoms with Gasteiger partial charge in [0.25, 0.3) is 0 Å². The van der Waals surface area contributed by atoms with Gasteiger partial charge in [-0.3, -0.25) is 4.79 Å². The van der Waals surface area contributed by atoms with Crippen LogP contribution in [0.15, 0.2) is 18.2 Å². The molecule has 0 amide bonds. The topological polar surface area (TPSA) is 139 Å². The van der Waals surface area contributed by atoms with Crippen molar-refractivity contribution < 1.29 is 24.4 Å². The van der Waals surface area contributed by atoms with E-state index in [1.807, 2.05) is 13.8 Å². The number of nitrogens with one attached hydrogen (secondary N) is 1. The van der Waals surface area contributed by atoms with Crippen LogP contribution >= 0.6 is 0 Å². The van der Waals surface area contributed by atoms with Gasteiger partial charge in [-0.2, -0.15) is 0 Å². The van der Waals surface area contributed by atoms with Crippen LogP contribution in [-0.4, -0.2) is 61.8 Å². The average Bonchev–Trinajstić information content (AvgIpc) is 3.08. The second-order valence-corrected chi connectivity index (χ2v) is 7.42. The van der Waals surface area contributed by atoms with Gasteiger partial charge in [-0.25, -0.2) is 9.48 Å². The average molecular weight is 401 g/mol. The van der Waals surface area contributed by atoms with Crippen molar-refractivity contribution in [3.8, 4) is 5.75 Å². The molecule has 154 valence electrons. The molecule has 0 radical (unpaired) electrons. The quantitative estimate of drug-likeness (QED) is 0.508. The zero-order valence-corrected chi connectivity index (χ0v) is 16.4. The third-order valence-corrected chi connectivity index (χ3v) is 4.78. The lowest BCUT2D eigenvalue weighted by Gasteiger charge is -2.27. The highest BCUT2D eigenvalue weighted by atomic mass is 16.5. The van der Waals surface area contributed by atoms with E-state index in [9.17, 15) is 19.7 Å². The van der Waals surface area contributed by atoms with Crippen molar-refractivity contribution in [2.75, 3.05) is 6.54 Å². The van der Waals surface area contributed by atoms with Gasteiger partial charge in [0, 0.05) is 24.8 Å². The highest BCUT2D eigenvalue weighted by Crippen LogP contribution is 2.36. The van der Waals surface area contributed by atoms with Crippen LogP contribution in [0.1, 0.15) is 42.0 Å². The third-order valence-electron chi connectivity index (χ3n) is 4.78. The highest BCUT2D eigenvalue weighted by Gasteiger charge is 2.37. The lowest BCUT2D eigenvalue weighted by molar-refractivity contribution is -0.118. The van der Waals surface area contributed by atoms with Crippen LogP contribution < -0.4 is 9.97 Å². The number of carbonyl (C=O) groups is 2. The van der Waals surface area contributed by atoms with E-state index < -0.39 is 18.9 Å². The molecule has 0 bridgehead atoms. The lowest BCUT2D eigenvalue weighted by atomic mass is 9.64. The number of aromatic carboxylic acids is 1. The van der Waals surface area contributed by atoms with Gasteiger partial charge in [0.2, 0.25) is 0 Å². The summed E-state index contributed by atoms with van der Waals surface area (Å²) in [5, 5.41) is 34.3. The number of para-hydroxylation sites is 1. The summed E-state index contributed by atoms with van der Waals surface area (Å²) in [6, 6.07) is 5.14. The zero-order chi connectivity index (χ0) is 21.0. The first kappa shape index (κ1) is 20.9. The minimum absolute atomic E-state index is 0.000472. The Hall–Kier alpha value is -2.79. The molecule has 1 atom stereocenters. The van der Waals surface area contributed by atoms with Gasteiger partial charge in [0.15, 0.2) is 5.82 Å². The SMILES string of the molecule is CC(C)NCCn1nnnc1CC(=O)C[C@H]1Cc2cccc(C(=O)O)c2OB1O. The van der Waals surface area contributed by atoms with E-state index in [1.165, 1.54) is 6.07 Å². The van der Waals surface area contributed by atoms with Crippen LogP contribution in [0.5, 0.6) is 5.75 Å². The first-order chi connectivity index (χ1) is 13.8. The van der Waals surface area contributed by atoms with Crippen molar-refractivity contribution in [1.29, 1.82) is 0 Å². The first-order valence-electron chi connectivity index (χ1n) is 9.55. The monoisotopic (exact) mass is 401 g/mol. The molecule has 10 nitrogen and oxygen atoms in total. The van der Waals surface area contributed by atoms with Crippen molar-refractivity contribution in [2.45, 2.75) is 51.5 Å². The number of fused-ring (bicyclic) bond motifs is 1. The molecule has 0 aliphatic carbocycles. The summed E-state index contributed by atoms with van der Waals surface area (Å²) < 4.78 is 7.03. The second kappa shape index (κ2) is 9.14. The third kappa shape index (κ3) is 5.18. The van der Waals surface area contributed by atoms with Crippen LogP contribution in [0.3, 0.4) is 0 Å². The fourth-order valence-electron chi connectivity index (χ4n) is 3.35. The Bertz CT molecular complexity index is 887. The fourth-order valence-corrected chi connectivity index (χ4v) is 3.35. The number of hydrogen-bond donors (Lipinski definition) is 3. The molecule has 1 aromatic heterocycles. The number of rotatable bonds is 9. The number of nitrogens with zero attached hydrogens (tertiary/aromatic N) is 4. The van der Waals surface area contributed by atoms with Crippen LogP contribution in [-0.2, 0) is 24.2 Å². The number of ketones is 1. The van der Waals surface area contributed by atoms with E-state index in [1.54, 1.807) is 16.8 Å². The van der Waals surface area contributed by atoms with Crippen molar-refractivity contribution >= 4 is 18.9 Å². The number of carboxylic acid groups (broad SMARTS) is 1. The van der Waals surface area contributed by atoms with E-state index in [-0.39, 0.29) is 29.9 Å². The minimum Gasteiger partial charge on any atom is -0.535 e. The maximum absolute atomic E-state index is 12.6. The van der Waals surface area contributed by atoms with Gasteiger partial charge in [0.05, 0.1) is 18.5 Å². The fraction of sp³-hybridized carbons (Fsp3) is 0.500. The molecular weight excluding hydrogens is 377 g/mol. The van der Waals surface area contributed by atoms with Crippen LogP contribution in [0.2, 0.25) is 5.82 Å². The number of benzene rings is 1. The van der Waals surface area contributed by atoms with Gasteiger partial charge in [-0.1, -0.05) is 26.0 Å². The van der Waals surface area contributed by atoms with Gasteiger partial charge in [-0.05, 0) is 28.5 Å². The molecule has 0 fully saturated rings. The number of Topliss-reactive ketones (excluding diaryl/α,β-unsaturated/α-hetero) is 1. The van der Waals surface area contributed by atoms with Crippen molar-refractivity contribution in [2.24, 2.45) is 0 Å². The van der Waals surface area contributed by atoms with E-state index in [0.29, 0.717) is 36.9 Å². The van der Waals surface area contributed by atoms with E-state index in [4.69, 9.17) is 4.65 Å². The van der Waals surface area contributed by atoms with Gasteiger partial charge < -0.3 is 20.1 Å². The number of aromatic nitrogens is 4. The Morgan fingerprint density at radius 1 is 1.41 bits per heavy atom. The lowest BCUT2D eigenvalue weighted by Crippen LogP contribution is -2.36. The van der Waals surface area contributed by atoms with Crippen molar-refractivity contribution in [3.63, 3.8) is 0 Å². The summed E-state index contributed by atoms with van der Waals surface area (Å²) in [7, 11) is -1.25. The van der Waals surface area contributed by atoms with E-state index in [2.05, 4.69) is 20.8 Å². The molecule has 2 aromatic rings. The molecule has 3 rings (SSSR count). The molecule has 1 aliphatic heterocycles. The van der Waals surface area contributed by atoms with Crippen molar-refractivity contribution in [3.05, 3.63) is 35.2 Å². The molecular formula is C18H24BN5O5. The summed E-state index contributed by atoms with van der Waals surface area (Å²) >= 11 is 0. The molecule has 0 spiro atoms. The largest absolute Gasteiger partial charge is 0.535 e. The molecule has 3 N–H and O–H groups in total. The van der Waals surface area contributed by atoms with E-state index in [0.717, 1.165) is 0 Å². The summed E-state index contributed by atoms with van der Waals surface area (Å²) in [5.41, 5.74) is 0.665. The standard InChI is InChI=1S/C18H24BN5O5/c1-11(2)20-6-7-24-16(21-22-23-24)10-14(25)9-13-8-12-4-3-5-15(18(26)27)17(12)29-19(13)28/h3-5,11,13,20,28H,6-10H2,1-2H3,(H,26,27)/t13-/m1/s1.